The predicted molar refractivity (Wildman–Crippen MR) is 102 cm³/mol. The van der Waals surface area contributed by atoms with Crippen molar-refractivity contribution >= 4 is 5.69 Å². The van der Waals surface area contributed by atoms with Gasteiger partial charge in [-0.05, 0) is 60.9 Å². The lowest BCUT2D eigenvalue weighted by Crippen LogP contribution is -2.29. The van der Waals surface area contributed by atoms with Gasteiger partial charge < -0.3 is 15.4 Å². The second kappa shape index (κ2) is 7.07. The van der Waals surface area contributed by atoms with E-state index in [1.54, 1.807) is 0 Å². The molecule has 0 spiro atoms. The zero-order chi connectivity index (χ0) is 20.6. The lowest BCUT2D eigenvalue weighted by molar-refractivity contribution is -0.137. The number of nitrogen functional groups attached to an aromatic ring is 1. The molecule has 28 heavy (non-hydrogen) atoms. The van der Waals surface area contributed by atoms with E-state index in [2.05, 4.69) is 0 Å². The molecule has 0 bridgehead atoms. The molecule has 7 heteroatoms. The molecule has 3 rings (SSSR count). The van der Waals surface area contributed by atoms with Gasteiger partial charge in [-0.25, -0.2) is 0 Å². The Kier molecular flexibility index (Phi) is 4.93. The number of alkyl halides is 3. The van der Waals surface area contributed by atoms with E-state index in [0.717, 1.165) is 22.8 Å². The summed E-state index contributed by atoms with van der Waals surface area (Å²) in [5.74, 6) is -0.0292. The van der Waals surface area contributed by atoms with Crippen LogP contribution in [0.4, 0.5) is 18.9 Å². The Balaban J connectivity index is 2.26. The molecular formula is C21H19F3N2O2. The number of phenolic OH excluding ortho intramolecular Hbond substituents is 1. The molecule has 3 aromatic rings. The lowest BCUT2D eigenvalue weighted by atomic mass is 10.0. The third-order valence-electron chi connectivity index (χ3n) is 4.63. The molecule has 0 saturated carbocycles. The number of pyridine rings is 1. The van der Waals surface area contributed by atoms with Crippen LogP contribution in [-0.2, 0) is 12.7 Å². The van der Waals surface area contributed by atoms with E-state index in [-0.39, 0.29) is 18.0 Å². The molecule has 3 N–H and O–H groups in total. The first kappa shape index (κ1) is 19.5. The van der Waals surface area contributed by atoms with Crippen LogP contribution in [0.2, 0.25) is 0 Å². The minimum absolute atomic E-state index is 0.0292. The van der Waals surface area contributed by atoms with Crippen LogP contribution >= 0.6 is 0 Å². The minimum Gasteiger partial charge on any atom is -0.508 e. The summed E-state index contributed by atoms with van der Waals surface area (Å²) in [6.45, 7) is 3.88. The SMILES string of the molecule is Cc1ccc(Cn2c(-c3ccc(O)cc3)cc(C(F)(F)F)c(N)c2=O)c(C)c1. The highest BCUT2D eigenvalue weighted by atomic mass is 19.4. The molecule has 0 aliphatic carbocycles. The average molecular weight is 388 g/mol. The van der Waals surface area contributed by atoms with Crippen LogP contribution in [0.5, 0.6) is 5.75 Å². The fourth-order valence-corrected chi connectivity index (χ4v) is 3.12. The first-order valence-electron chi connectivity index (χ1n) is 8.54. The van der Waals surface area contributed by atoms with Crippen LogP contribution < -0.4 is 11.3 Å². The van der Waals surface area contributed by atoms with Crippen LogP contribution in [0.25, 0.3) is 11.3 Å². The summed E-state index contributed by atoms with van der Waals surface area (Å²) in [7, 11) is 0. The Morgan fingerprint density at radius 3 is 2.25 bits per heavy atom. The number of aryl methyl sites for hydroxylation is 2. The number of phenols is 1. The second-order valence-corrected chi connectivity index (χ2v) is 6.72. The molecule has 0 saturated heterocycles. The summed E-state index contributed by atoms with van der Waals surface area (Å²) in [6.07, 6.45) is -4.76. The highest BCUT2D eigenvalue weighted by molar-refractivity contribution is 5.65. The van der Waals surface area contributed by atoms with Crippen molar-refractivity contribution in [3.05, 3.63) is 81.1 Å². The number of aromatic hydroxyl groups is 1. The number of anilines is 1. The number of hydrogen-bond donors (Lipinski definition) is 2. The van der Waals surface area contributed by atoms with E-state index in [4.69, 9.17) is 5.73 Å². The molecule has 0 radical (unpaired) electrons. The monoisotopic (exact) mass is 388 g/mol. The van der Waals surface area contributed by atoms with E-state index in [1.807, 2.05) is 32.0 Å². The topological polar surface area (TPSA) is 68.2 Å². The van der Waals surface area contributed by atoms with Crippen molar-refractivity contribution in [1.29, 1.82) is 0 Å². The van der Waals surface area contributed by atoms with Crippen molar-refractivity contribution < 1.29 is 18.3 Å². The van der Waals surface area contributed by atoms with Gasteiger partial charge in [0.2, 0.25) is 0 Å². The number of aromatic nitrogens is 1. The Morgan fingerprint density at radius 2 is 1.68 bits per heavy atom. The van der Waals surface area contributed by atoms with Crippen molar-refractivity contribution in [2.75, 3.05) is 5.73 Å². The van der Waals surface area contributed by atoms with Crippen molar-refractivity contribution in [3.63, 3.8) is 0 Å². The largest absolute Gasteiger partial charge is 0.508 e. The van der Waals surface area contributed by atoms with Gasteiger partial charge in [-0.2, -0.15) is 13.2 Å². The van der Waals surface area contributed by atoms with Gasteiger partial charge in [-0.3, -0.25) is 4.79 Å². The summed E-state index contributed by atoms with van der Waals surface area (Å²) in [5.41, 5.74) is 5.85. The number of halogens is 3. The highest BCUT2D eigenvalue weighted by Crippen LogP contribution is 2.35. The van der Waals surface area contributed by atoms with E-state index >= 15 is 0 Å². The summed E-state index contributed by atoms with van der Waals surface area (Å²) >= 11 is 0. The number of benzene rings is 2. The summed E-state index contributed by atoms with van der Waals surface area (Å²) in [6, 6.07) is 12.2. The molecule has 0 aliphatic rings. The maximum Gasteiger partial charge on any atom is 0.418 e. The Labute approximate surface area is 159 Å². The van der Waals surface area contributed by atoms with Gasteiger partial charge >= 0.3 is 6.18 Å². The third kappa shape index (κ3) is 3.74. The molecule has 0 unspecified atom stereocenters. The number of nitrogens with two attached hydrogens (primary N) is 1. The molecule has 2 aromatic carbocycles. The first-order chi connectivity index (χ1) is 13.1. The van der Waals surface area contributed by atoms with Gasteiger partial charge in [0.1, 0.15) is 11.4 Å². The van der Waals surface area contributed by atoms with Crippen LogP contribution in [0.3, 0.4) is 0 Å². The highest BCUT2D eigenvalue weighted by Gasteiger charge is 2.35. The van der Waals surface area contributed by atoms with Crippen molar-refractivity contribution in [2.24, 2.45) is 0 Å². The van der Waals surface area contributed by atoms with Crippen molar-refractivity contribution in [1.82, 2.24) is 4.57 Å². The van der Waals surface area contributed by atoms with E-state index in [9.17, 15) is 23.1 Å². The third-order valence-corrected chi connectivity index (χ3v) is 4.63. The molecule has 0 aliphatic heterocycles. The predicted octanol–water partition coefficient (Wildman–Crippen LogP) is 4.49. The Hall–Kier alpha value is -3.22. The minimum atomic E-state index is -4.76. The van der Waals surface area contributed by atoms with Crippen LogP contribution in [-0.4, -0.2) is 9.67 Å². The molecule has 0 fully saturated rings. The molecule has 4 nitrogen and oxygen atoms in total. The molecular weight excluding hydrogens is 369 g/mol. The van der Waals surface area contributed by atoms with E-state index < -0.39 is 23.0 Å². The smallest absolute Gasteiger partial charge is 0.418 e. The number of hydrogen-bond acceptors (Lipinski definition) is 3. The van der Waals surface area contributed by atoms with Crippen LogP contribution in [0.1, 0.15) is 22.3 Å². The average Bonchev–Trinajstić information content (AvgIpc) is 2.61. The van der Waals surface area contributed by atoms with Gasteiger partial charge in [0.25, 0.3) is 5.56 Å². The Bertz CT molecular complexity index is 1080. The van der Waals surface area contributed by atoms with Crippen molar-refractivity contribution in [3.8, 4) is 17.0 Å². The van der Waals surface area contributed by atoms with Gasteiger partial charge in [-0.1, -0.05) is 23.8 Å². The second-order valence-electron chi connectivity index (χ2n) is 6.72. The van der Waals surface area contributed by atoms with Gasteiger partial charge in [-0.15, -0.1) is 0 Å². The van der Waals surface area contributed by atoms with Gasteiger partial charge in [0.05, 0.1) is 17.8 Å². The molecule has 1 heterocycles. The quantitative estimate of drug-likeness (QED) is 0.695. The summed E-state index contributed by atoms with van der Waals surface area (Å²) in [5, 5.41) is 9.48. The van der Waals surface area contributed by atoms with Gasteiger partial charge in [0.15, 0.2) is 0 Å². The van der Waals surface area contributed by atoms with Crippen LogP contribution in [0.15, 0.2) is 53.3 Å². The maximum absolute atomic E-state index is 13.4. The Morgan fingerprint density at radius 1 is 1.04 bits per heavy atom. The fourth-order valence-electron chi connectivity index (χ4n) is 3.12. The van der Waals surface area contributed by atoms with Crippen LogP contribution in [0, 0.1) is 13.8 Å². The molecule has 1 aromatic heterocycles. The normalized spacial score (nSPS) is 11.6. The lowest BCUT2D eigenvalue weighted by Gasteiger charge is -2.19. The summed E-state index contributed by atoms with van der Waals surface area (Å²) < 4.78 is 41.4. The van der Waals surface area contributed by atoms with Gasteiger partial charge in [0, 0.05) is 0 Å². The fraction of sp³-hybridized carbons (Fsp3) is 0.190. The standard InChI is InChI=1S/C21H19F3N2O2/c1-12-3-4-15(13(2)9-12)11-26-18(14-5-7-16(27)8-6-14)10-17(21(22,23)24)19(25)20(26)28/h3-10,27H,11,25H2,1-2H3. The number of rotatable bonds is 3. The first-order valence-corrected chi connectivity index (χ1v) is 8.54. The zero-order valence-corrected chi connectivity index (χ0v) is 15.3. The maximum atomic E-state index is 13.4. The number of nitrogens with zero attached hydrogens (tertiary/aromatic N) is 1. The van der Waals surface area contributed by atoms with E-state index in [0.29, 0.717) is 5.56 Å². The summed E-state index contributed by atoms with van der Waals surface area (Å²) in [4.78, 5) is 12.8. The van der Waals surface area contributed by atoms with E-state index in [1.165, 1.54) is 28.8 Å². The molecule has 0 amide bonds. The zero-order valence-electron chi connectivity index (χ0n) is 15.3. The van der Waals surface area contributed by atoms with Crippen molar-refractivity contribution in [2.45, 2.75) is 26.6 Å². The molecule has 0 atom stereocenters. The molecule has 146 valence electrons.